The largest absolute Gasteiger partial charge is 0.403 e. The van der Waals surface area contributed by atoms with Crippen LogP contribution >= 0.6 is 23.2 Å². The van der Waals surface area contributed by atoms with Crippen LogP contribution in [0, 0.1) is 6.92 Å². The summed E-state index contributed by atoms with van der Waals surface area (Å²) in [5.74, 6) is -0.164. The molecule has 2 heterocycles. The van der Waals surface area contributed by atoms with Crippen molar-refractivity contribution in [1.82, 2.24) is 9.97 Å². The van der Waals surface area contributed by atoms with E-state index in [2.05, 4.69) is 27.2 Å². The maximum Gasteiger partial charge on any atom is 0.345 e. The Labute approximate surface area is 192 Å². The number of fused-ring (bicyclic) bond motifs is 1. The van der Waals surface area contributed by atoms with Gasteiger partial charge < -0.3 is 15.1 Å². The summed E-state index contributed by atoms with van der Waals surface area (Å²) < 4.78 is 5.43. The van der Waals surface area contributed by atoms with Crippen molar-refractivity contribution < 1.29 is 9.21 Å². The third-order valence-electron chi connectivity index (χ3n) is 4.67. The van der Waals surface area contributed by atoms with Crippen LogP contribution in [0.15, 0.2) is 70.5 Å². The Bertz CT molecular complexity index is 1410. The lowest BCUT2D eigenvalue weighted by atomic mass is 10.1. The van der Waals surface area contributed by atoms with Gasteiger partial charge in [-0.25, -0.2) is 9.78 Å². The highest BCUT2D eigenvalue weighted by Crippen LogP contribution is 2.34. The number of anilines is 3. The van der Waals surface area contributed by atoms with Crippen molar-refractivity contribution in [2.75, 3.05) is 10.6 Å². The van der Waals surface area contributed by atoms with Crippen LogP contribution in [0.2, 0.25) is 10.0 Å². The van der Waals surface area contributed by atoms with E-state index in [1.807, 2.05) is 13.0 Å². The summed E-state index contributed by atoms with van der Waals surface area (Å²) in [6.45, 7) is 5.33. The molecule has 9 heteroatoms. The number of nitrogens with one attached hydrogen (secondary N) is 2. The smallest absolute Gasteiger partial charge is 0.345 e. The van der Waals surface area contributed by atoms with Gasteiger partial charge in [-0.1, -0.05) is 48.0 Å². The molecular formula is C23H16Cl2N4O3. The Morgan fingerprint density at radius 2 is 1.88 bits per heavy atom. The molecule has 7 nitrogen and oxygen atoms in total. The number of nitrogens with zero attached hydrogens (tertiary/aromatic N) is 2. The van der Waals surface area contributed by atoms with Gasteiger partial charge in [-0.05, 0) is 42.8 Å². The topological polar surface area (TPSA) is 97.1 Å². The molecule has 2 aromatic heterocycles. The van der Waals surface area contributed by atoms with Gasteiger partial charge in [0.05, 0.1) is 32.4 Å². The number of halogens is 2. The molecule has 4 aromatic rings. The van der Waals surface area contributed by atoms with Gasteiger partial charge in [-0.3, -0.25) is 4.79 Å². The maximum atomic E-state index is 12.6. The summed E-state index contributed by atoms with van der Waals surface area (Å²) >= 11 is 12.5. The summed E-state index contributed by atoms with van der Waals surface area (Å²) in [7, 11) is 0. The predicted octanol–water partition coefficient (Wildman–Crippen LogP) is 5.73. The molecule has 0 bridgehead atoms. The standard InChI is InChI=1S/C23H16Cl2N4O3/c1-3-18(30)27-17-9-4-6-12(2)20(17)28-23-26-11-13-10-14(22(31)32-21(13)29-23)19-15(24)7-5-8-16(19)25/h3-11H,1H2,2H3,(H,27,30)(H,26,28,29). The Kier molecular flexibility index (Phi) is 5.94. The first-order chi connectivity index (χ1) is 15.4. The van der Waals surface area contributed by atoms with Gasteiger partial charge in [0, 0.05) is 11.8 Å². The zero-order chi connectivity index (χ0) is 22.8. The van der Waals surface area contributed by atoms with Crippen LogP contribution in [-0.4, -0.2) is 15.9 Å². The molecule has 0 spiro atoms. The lowest BCUT2D eigenvalue weighted by Crippen LogP contribution is -2.11. The van der Waals surface area contributed by atoms with Gasteiger partial charge in [0.2, 0.25) is 17.6 Å². The van der Waals surface area contributed by atoms with Crippen molar-refractivity contribution in [3.8, 4) is 11.1 Å². The molecule has 0 aliphatic carbocycles. The third kappa shape index (κ3) is 4.21. The second kappa shape index (κ2) is 8.82. The van der Waals surface area contributed by atoms with Crippen molar-refractivity contribution in [3.63, 3.8) is 0 Å². The molecule has 2 aromatic carbocycles. The summed E-state index contributed by atoms with van der Waals surface area (Å²) in [6, 6.07) is 12.0. The highest BCUT2D eigenvalue weighted by Gasteiger charge is 2.16. The van der Waals surface area contributed by atoms with Gasteiger partial charge in [-0.2, -0.15) is 4.98 Å². The van der Waals surface area contributed by atoms with Crippen LogP contribution in [0.25, 0.3) is 22.2 Å². The summed E-state index contributed by atoms with van der Waals surface area (Å²) in [4.78, 5) is 33.0. The average molecular weight is 467 g/mol. The van der Waals surface area contributed by atoms with Gasteiger partial charge >= 0.3 is 5.63 Å². The summed E-state index contributed by atoms with van der Waals surface area (Å²) in [6.07, 6.45) is 2.69. The van der Waals surface area contributed by atoms with Gasteiger partial charge in [-0.15, -0.1) is 0 Å². The Hall–Kier alpha value is -3.68. The molecule has 4 rings (SSSR count). The number of hydrogen-bond acceptors (Lipinski definition) is 6. The minimum absolute atomic E-state index is 0.0877. The van der Waals surface area contributed by atoms with Crippen LogP contribution < -0.4 is 16.3 Å². The molecule has 160 valence electrons. The summed E-state index contributed by atoms with van der Waals surface area (Å²) in [5.41, 5.74) is 2.03. The third-order valence-corrected chi connectivity index (χ3v) is 5.30. The van der Waals surface area contributed by atoms with Crippen LogP contribution in [0.4, 0.5) is 17.3 Å². The van der Waals surface area contributed by atoms with Gasteiger partial charge in [0.15, 0.2) is 0 Å². The number of carbonyl (C=O) groups excluding carboxylic acids is 1. The molecule has 32 heavy (non-hydrogen) atoms. The lowest BCUT2D eigenvalue weighted by molar-refractivity contribution is -0.111. The molecule has 0 saturated carbocycles. The minimum atomic E-state index is -0.632. The number of benzene rings is 2. The Morgan fingerprint density at radius 1 is 1.16 bits per heavy atom. The molecule has 1 amide bonds. The van der Waals surface area contributed by atoms with Crippen molar-refractivity contribution in [1.29, 1.82) is 0 Å². The minimum Gasteiger partial charge on any atom is -0.403 e. The Balaban J connectivity index is 1.74. The highest BCUT2D eigenvalue weighted by molar-refractivity contribution is 6.39. The predicted molar refractivity (Wildman–Crippen MR) is 127 cm³/mol. The van der Waals surface area contributed by atoms with Crippen LogP contribution in [0.5, 0.6) is 0 Å². The molecule has 0 unspecified atom stereocenters. The van der Waals surface area contributed by atoms with E-state index < -0.39 is 5.63 Å². The van der Waals surface area contributed by atoms with Crippen LogP contribution in [0.3, 0.4) is 0 Å². The molecule has 0 aliphatic rings. The first kappa shape index (κ1) is 21.5. The van der Waals surface area contributed by atoms with Crippen molar-refractivity contribution in [2.24, 2.45) is 0 Å². The SMILES string of the molecule is C=CC(=O)Nc1cccc(C)c1Nc1ncc2cc(-c3c(Cl)cccc3Cl)c(=O)oc2n1. The van der Waals surface area contributed by atoms with E-state index in [0.717, 1.165) is 5.56 Å². The molecule has 0 fully saturated rings. The molecule has 2 N–H and O–H groups in total. The van der Waals surface area contributed by atoms with Crippen molar-refractivity contribution in [3.05, 3.63) is 87.3 Å². The van der Waals surface area contributed by atoms with Crippen LogP contribution in [-0.2, 0) is 4.79 Å². The second-order valence-electron chi connectivity index (χ2n) is 6.81. The number of para-hydroxylation sites is 1. The fourth-order valence-electron chi connectivity index (χ4n) is 3.14. The Morgan fingerprint density at radius 3 is 2.59 bits per heavy atom. The maximum absolute atomic E-state index is 12.6. The van der Waals surface area contributed by atoms with Crippen molar-refractivity contribution in [2.45, 2.75) is 6.92 Å². The first-order valence-electron chi connectivity index (χ1n) is 9.42. The first-order valence-corrected chi connectivity index (χ1v) is 10.2. The number of aromatic nitrogens is 2. The van der Waals surface area contributed by atoms with E-state index in [4.69, 9.17) is 27.6 Å². The normalized spacial score (nSPS) is 10.7. The summed E-state index contributed by atoms with van der Waals surface area (Å²) in [5, 5.41) is 6.95. The van der Waals surface area contributed by atoms with E-state index in [-0.39, 0.29) is 23.1 Å². The van der Waals surface area contributed by atoms with Crippen LogP contribution in [0.1, 0.15) is 5.56 Å². The number of hydrogen-bond donors (Lipinski definition) is 2. The van der Waals surface area contributed by atoms with Crippen molar-refractivity contribution >= 4 is 57.5 Å². The lowest BCUT2D eigenvalue weighted by Gasteiger charge is -2.14. The average Bonchev–Trinajstić information content (AvgIpc) is 2.76. The number of carbonyl (C=O) groups is 1. The number of rotatable bonds is 5. The van der Waals surface area contributed by atoms with E-state index in [9.17, 15) is 9.59 Å². The highest BCUT2D eigenvalue weighted by atomic mass is 35.5. The molecule has 0 radical (unpaired) electrons. The van der Waals surface area contributed by atoms with E-state index in [1.165, 1.54) is 12.3 Å². The number of aryl methyl sites for hydroxylation is 1. The molecule has 0 aliphatic heterocycles. The molecular weight excluding hydrogens is 451 g/mol. The van der Waals surface area contributed by atoms with Gasteiger partial charge in [0.25, 0.3) is 0 Å². The molecule has 0 saturated heterocycles. The second-order valence-corrected chi connectivity index (χ2v) is 7.63. The quantitative estimate of drug-likeness (QED) is 0.364. The zero-order valence-corrected chi connectivity index (χ0v) is 18.3. The molecule has 0 atom stereocenters. The fourth-order valence-corrected chi connectivity index (χ4v) is 3.74. The van der Waals surface area contributed by atoms with E-state index >= 15 is 0 Å². The van der Waals surface area contributed by atoms with Gasteiger partial charge in [0.1, 0.15) is 0 Å². The van der Waals surface area contributed by atoms with E-state index in [0.29, 0.717) is 32.4 Å². The fraction of sp³-hybridized carbons (Fsp3) is 0.0435. The van der Waals surface area contributed by atoms with E-state index in [1.54, 1.807) is 36.4 Å². The zero-order valence-electron chi connectivity index (χ0n) is 16.8. The monoisotopic (exact) mass is 466 g/mol. The number of amides is 1.